The number of ether oxygens (including phenoxy) is 1. The number of benzene rings is 1. The van der Waals surface area contributed by atoms with Crippen molar-refractivity contribution in [1.29, 1.82) is 0 Å². The summed E-state index contributed by atoms with van der Waals surface area (Å²) in [5.41, 5.74) is 0.105. The first-order valence-electron chi connectivity index (χ1n) is 13.3. The molecule has 2 atom stereocenters. The lowest BCUT2D eigenvalue weighted by Crippen LogP contribution is -2.70. The Morgan fingerprint density at radius 2 is 1.93 bits per heavy atom. The summed E-state index contributed by atoms with van der Waals surface area (Å²) in [5.74, 6) is -3.74. The number of thioether (sulfide) groups is 1. The largest absolute Gasteiger partial charge is 0.477 e. The molecule has 2 aromatic rings. The monoisotopic (exact) mass is 585 g/mol. The summed E-state index contributed by atoms with van der Waals surface area (Å²) in [5, 5.41) is 15.0. The molecule has 2 saturated heterocycles. The average Bonchev–Trinajstić information content (AvgIpc) is 3.80. The van der Waals surface area contributed by atoms with Crippen LogP contribution in [0, 0.1) is 5.82 Å². The molecule has 2 amide bonds. The number of aromatic nitrogens is 1. The lowest BCUT2D eigenvalue weighted by Gasteiger charge is -2.49. The van der Waals surface area contributed by atoms with Gasteiger partial charge in [0.15, 0.2) is 0 Å². The maximum absolute atomic E-state index is 15.3. The molecule has 0 unspecified atom stereocenters. The van der Waals surface area contributed by atoms with Crippen LogP contribution in [0.1, 0.15) is 36.2 Å². The Morgan fingerprint density at radius 1 is 1.20 bits per heavy atom. The topological polar surface area (TPSA) is 150 Å². The molecule has 4 heterocycles. The Bertz CT molecular complexity index is 1580. The molecule has 3 aliphatic heterocycles. The third-order valence-corrected chi connectivity index (χ3v) is 9.07. The van der Waals surface area contributed by atoms with Crippen molar-refractivity contribution < 1.29 is 33.4 Å². The first-order chi connectivity index (χ1) is 19.7. The lowest BCUT2D eigenvalue weighted by molar-refractivity contribution is -0.149. The van der Waals surface area contributed by atoms with Gasteiger partial charge < -0.3 is 29.9 Å². The number of halogens is 1. The standard InChI is InChI=1S/C27H28FN5O7S/c1-13(34)40-11-14-12-41-26-21(25(37)33(26)22(14)27(38)39)30-24(36)17-10-32(15-2-3-15)19-9-20(31-6-4-29-5-7-31)18(28)8-16(19)23(17)35/h8-10,15,21,26,29H,2-7,11-12H2,1H3,(H,30,36)(H,38,39)/t21-,26-/m1/s1. The second kappa shape index (κ2) is 10.5. The van der Waals surface area contributed by atoms with Gasteiger partial charge in [0.2, 0.25) is 5.43 Å². The second-order valence-corrected chi connectivity index (χ2v) is 11.6. The quantitative estimate of drug-likeness (QED) is 0.315. The zero-order valence-electron chi connectivity index (χ0n) is 22.1. The minimum Gasteiger partial charge on any atom is -0.477 e. The molecule has 3 fully saturated rings. The predicted octanol–water partition coefficient (Wildman–Crippen LogP) is 0.800. The van der Waals surface area contributed by atoms with Crippen molar-refractivity contribution in [2.24, 2.45) is 0 Å². The molecule has 14 heteroatoms. The van der Waals surface area contributed by atoms with Crippen LogP contribution in [-0.4, -0.2) is 88.3 Å². The number of piperazine rings is 1. The summed E-state index contributed by atoms with van der Waals surface area (Å²) in [6.45, 7) is 3.64. The van der Waals surface area contributed by atoms with E-state index in [0.717, 1.165) is 30.8 Å². The number of nitrogens with zero attached hydrogens (tertiary/aromatic N) is 3. The van der Waals surface area contributed by atoms with Gasteiger partial charge in [-0.05, 0) is 25.0 Å². The number of fused-ring (bicyclic) bond motifs is 2. The number of hydrogen-bond donors (Lipinski definition) is 3. The van der Waals surface area contributed by atoms with Crippen molar-refractivity contribution in [3.63, 3.8) is 0 Å². The van der Waals surface area contributed by atoms with Crippen LogP contribution < -0.4 is 21.0 Å². The third kappa shape index (κ3) is 4.84. The minimum atomic E-state index is -1.35. The van der Waals surface area contributed by atoms with Gasteiger partial charge in [0, 0.05) is 62.1 Å². The van der Waals surface area contributed by atoms with Crippen LogP contribution in [-0.2, 0) is 19.1 Å². The molecule has 0 radical (unpaired) electrons. The van der Waals surface area contributed by atoms with Crippen LogP contribution in [0.3, 0.4) is 0 Å². The number of rotatable bonds is 7. The van der Waals surface area contributed by atoms with Crippen molar-refractivity contribution in [2.45, 2.75) is 37.2 Å². The Kier molecular flexibility index (Phi) is 6.98. The lowest BCUT2D eigenvalue weighted by atomic mass is 10.0. The number of pyridine rings is 1. The molecule has 4 aliphatic rings. The fraction of sp³-hybridized carbons (Fsp3) is 0.444. The van der Waals surface area contributed by atoms with Crippen molar-refractivity contribution >= 4 is 52.1 Å². The number of carbonyl (C=O) groups is 4. The van der Waals surface area contributed by atoms with Crippen LogP contribution in [0.5, 0.6) is 0 Å². The molecule has 1 aliphatic carbocycles. The fourth-order valence-electron chi connectivity index (χ4n) is 5.53. The Labute approximate surface area is 237 Å². The van der Waals surface area contributed by atoms with Crippen LogP contribution in [0.25, 0.3) is 10.9 Å². The second-order valence-electron chi connectivity index (χ2n) is 10.5. The summed E-state index contributed by atoms with van der Waals surface area (Å²) in [7, 11) is 0. The number of carbonyl (C=O) groups excluding carboxylic acids is 3. The van der Waals surface area contributed by atoms with Gasteiger partial charge in [-0.2, -0.15) is 0 Å². The normalized spacial score (nSPS) is 22.3. The summed E-state index contributed by atoms with van der Waals surface area (Å²) in [4.78, 5) is 66.0. The van der Waals surface area contributed by atoms with E-state index in [1.165, 1.54) is 30.9 Å². The Morgan fingerprint density at radius 3 is 2.59 bits per heavy atom. The SMILES string of the molecule is CC(=O)OCC1=C(C(=O)O)N2C(=O)[C@@H](NC(=O)c3cn(C4CC4)c4cc(N5CCNCC5)c(F)cc4c3=O)[C@H]2SC1. The number of esters is 1. The van der Waals surface area contributed by atoms with E-state index in [-0.39, 0.29) is 40.6 Å². The van der Waals surface area contributed by atoms with E-state index in [9.17, 15) is 29.1 Å². The summed E-state index contributed by atoms with van der Waals surface area (Å²) in [6.07, 6.45) is 3.19. The number of carboxylic acid groups (broad SMARTS) is 1. The summed E-state index contributed by atoms with van der Waals surface area (Å²) in [6, 6.07) is 1.87. The van der Waals surface area contributed by atoms with Crippen LogP contribution >= 0.6 is 11.8 Å². The van der Waals surface area contributed by atoms with E-state index in [4.69, 9.17) is 4.74 Å². The van der Waals surface area contributed by atoms with Gasteiger partial charge in [-0.15, -0.1) is 11.8 Å². The van der Waals surface area contributed by atoms with Crippen molar-refractivity contribution in [3.05, 3.63) is 51.2 Å². The molecule has 41 heavy (non-hydrogen) atoms. The molecule has 0 spiro atoms. The minimum absolute atomic E-state index is 0.0691. The summed E-state index contributed by atoms with van der Waals surface area (Å²) >= 11 is 1.22. The predicted molar refractivity (Wildman–Crippen MR) is 147 cm³/mol. The zero-order valence-corrected chi connectivity index (χ0v) is 23.0. The molecular formula is C27H28FN5O7S. The van der Waals surface area contributed by atoms with E-state index in [0.29, 0.717) is 24.3 Å². The first kappa shape index (κ1) is 27.3. The molecule has 216 valence electrons. The van der Waals surface area contributed by atoms with Crippen molar-refractivity contribution in [3.8, 4) is 0 Å². The molecule has 1 aromatic carbocycles. The van der Waals surface area contributed by atoms with E-state index >= 15 is 4.39 Å². The van der Waals surface area contributed by atoms with E-state index in [1.807, 2.05) is 9.47 Å². The molecule has 3 N–H and O–H groups in total. The highest BCUT2D eigenvalue weighted by molar-refractivity contribution is 8.00. The highest BCUT2D eigenvalue weighted by Gasteiger charge is 2.54. The summed E-state index contributed by atoms with van der Waals surface area (Å²) < 4.78 is 22.0. The van der Waals surface area contributed by atoms with Gasteiger partial charge >= 0.3 is 11.9 Å². The van der Waals surface area contributed by atoms with Gasteiger partial charge in [-0.1, -0.05) is 0 Å². The highest BCUT2D eigenvalue weighted by atomic mass is 32.2. The Hall–Kier alpha value is -3.91. The van der Waals surface area contributed by atoms with E-state index in [2.05, 4.69) is 10.6 Å². The van der Waals surface area contributed by atoms with Gasteiger partial charge in [-0.25, -0.2) is 9.18 Å². The average molecular weight is 586 g/mol. The maximum atomic E-state index is 15.3. The molecular weight excluding hydrogens is 557 g/mol. The van der Waals surface area contributed by atoms with Crippen LogP contribution in [0.2, 0.25) is 0 Å². The van der Waals surface area contributed by atoms with E-state index < -0.39 is 46.4 Å². The third-order valence-electron chi connectivity index (χ3n) is 7.73. The maximum Gasteiger partial charge on any atom is 0.352 e. The van der Waals surface area contributed by atoms with Crippen LogP contribution in [0.4, 0.5) is 10.1 Å². The molecule has 1 aromatic heterocycles. The number of nitrogens with one attached hydrogen (secondary N) is 2. The zero-order chi connectivity index (χ0) is 29.0. The molecule has 1 saturated carbocycles. The van der Waals surface area contributed by atoms with Gasteiger partial charge in [-0.3, -0.25) is 24.1 Å². The number of hydrogen-bond acceptors (Lipinski definition) is 9. The van der Waals surface area contributed by atoms with E-state index in [1.54, 1.807) is 6.07 Å². The molecule has 12 nitrogen and oxygen atoms in total. The van der Waals surface area contributed by atoms with Crippen molar-refractivity contribution in [2.75, 3.05) is 43.4 Å². The van der Waals surface area contributed by atoms with Gasteiger partial charge in [0.05, 0.1) is 11.2 Å². The van der Waals surface area contributed by atoms with Crippen molar-refractivity contribution in [1.82, 2.24) is 20.1 Å². The number of carboxylic acids is 1. The van der Waals surface area contributed by atoms with Gasteiger partial charge in [0.25, 0.3) is 11.8 Å². The van der Waals surface area contributed by atoms with Crippen LogP contribution in [0.15, 0.2) is 34.4 Å². The number of aliphatic carboxylic acids is 1. The molecule has 6 rings (SSSR count). The number of amides is 2. The van der Waals surface area contributed by atoms with Gasteiger partial charge in [0.1, 0.15) is 35.1 Å². The Balaban J connectivity index is 1.29. The number of anilines is 1. The first-order valence-corrected chi connectivity index (χ1v) is 14.4. The smallest absolute Gasteiger partial charge is 0.352 e. The highest BCUT2D eigenvalue weighted by Crippen LogP contribution is 2.41. The molecule has 0 bridgehead atoms. The fourth-order valence-corrected chi connectivity index (χ4v) is 6.85. The number of β-lactam (4-membered cyclic amide) rings is 1.